The van der Waals surface area contributed by atoms with Crippen molar-refractivity contribution >= 4 is 11.9 Å². The molecule has 0 aromatic carbocycles. The molecule has 0 fully saturated rings. The van der Waals surface area contributed by atoms with E-state index in [1.807, 2.05) is 6.92 Å². The van der Waals surface area contributed by atoms with Crippen molar-refractivity contribution in [1.82, 2.24) is 15.5 Å². The fourth-order valence-electron chi connectivity index (χ4n) is 1.13. The Balaban J connectivity index is 2.23. The van der Waals surface area contributed by atoms with E-state index in [1.54, 1.807) is 6.92 Å². The van der Waals surface area contributed by atoms with Gasteiger partial charge in [0.2, 0.25) is 11.8 Å². The fraction of sp³-hybridized carbons (Fsp3) is 0.700. The molecule has 0 radical (unpaired) electrons. The standard InChI is InChI=1S/C10H19N5O2/c1-3-5-12-8(16)4-6-13-10-15-14-9(17-10)7(2)11/h7H,3-6,11H2,1-2H3,(H,12,16)(H,13,15). The third kappa shape index (κ3) is 4.81. The molecule has 17 heavy (non-hydrogen) atoms. The molecular weight excluding hydrogens is 222 g/mol. The number of hydrogen-bond acceptors (Lipinski definition) is 6. The van der Waals surface area contributed by atoms with Crippen LogP contribution < -0.4 is 16.4 Å². The zero-order valence-corrected chi connectivity index (χ0v) is 10.2. The van der Waals surface area contributed by atoms with E-state index in [2.05, 4.69) is 20.8 Å². The summed E-state index contributed by atoms with van der Waals surface area (Å²) in [6.07, 6.45) is 1.30. The van der Waals surface area contributed by atoms with Crippen LogP contribution in [0.1, 0.15) is 38.6 Å². The van der Waals surface area contributed by atoms with Crippen LogP contribution in [0.5, 0.6) is 0 Å². The van der Waals surface area contributed by atoms with Gasteiger partial charge in [0.25, 0.3) is 0 Å². The van der Waals surface area contributed by atoms with Gasteiger partial charge in [-0.2, -0.15) is 0 Å². The molecule has 1 unspecified atom stereocenters. The van der Waals surface area contributed by atoms with Crippen LogP contribution in [0.25, 0.3) is 0 Å². The minimum absolute atomic E-state index is 0.00582. The lowest BCUT2D eigenvalue weighted by Gasteiger charge is -2.03. The van der Waals surface area contributed by atoms with E-state index < -0.39 is 0 Å². The second-order valence-corrected chi connectivity index (χ2v) is 3.76. The monoisotopic (exact) mass is 241 g/mol. The van der Waals surface area contributed by atoms with Crippen LogP contribution in [0.15, 0.2) is 4.42 Å². The van der Waals surface area contributed by atoms with Crippen LogP contribution in [-0.2, 0) is 4.79 Å². The first-order chi connectivity index (χ1) is 8.13. The van der Waals surface area contributed by atoms with E-state index >= 15 is 0 Å². The lowest BCUT2D eigenvalue weighted by molar-refractivity contribution is -0.120. The maximum atomic E-state index is 11.3. The normalized spacial score (nSPS) is 12.2. The summed E-state index contributed by atoms with van der Waals surface area (Å²) >= 11 is 0. The van der Waals surface area contributed by atoms with Gasteiger partial charge in [-0.1, -0.05) is 12.0 Å². The molecule has 1 heterocycles. The Morgan fingerprint density at radius 2 is 2.24 bits per heavy atom. The number of amides is 1. The van der Waals surface area contributed by atoms with Crippen LogP contribution in [0.3, 0.4) is 0 Å². The van der Waals surface area contributed by atoms with Crippen molar-refractivity contribution in [3.8, 4) is 0 Å². The van der Waals surface area contributed by atoms with Crippen molar-refractivity contribution in [3.05, 3.63) is 5.89 Å². The van der Waals surface area contributed by atoms with Gasteiger partial charge in [0.1, 0.15) is 0 Å². The lowest BCUT2D eigenvalue weighted by Crippen LogP contribution is -2.25. The quantitative estimate of drug-likeness (QED) is 0.638. The first-order valence-corrected chi connectivity index (χ1v) is 5.73. The van der Waals surface area contributed by atoms with Gasteiger partial charge in [0.05, 0.1) is 6.04 Å². The predicted molar refractivity (Wildman–Crippen MR) is 63.3 cm³/mol. The molecule has 0 aliphatic rings. The molecule has 7 heteroatoms. The van der Waals surface area contributed by atoms with Gasteiger partial charge in [0.15, 0.2) is 0 Å². The summed E-state index contributed by atoms with van der Waals surface area (Å²) in [5.41, 5.74) is 5.57. The van der Waals surface area contributed by atoms with Crippen molar-refractivity contribution in [2.24, 2.45) is 5.73 Å². The largest absolute Gasteiger partial charge is 0.406 e. The Kier molecular flexibility index (Phi) is 5.41. The maximum Gasteiger partial charge on any atom is 0.315 e. The van der Waals surface area contributed by atoms with E-state index in [-0.39, 0.29) is 11.9 Å². The average molecular weight is 241 g/mol. The number of nitrogens with zero attached hydrogens (tertiary/aromatic N) is 2. The highest BCUT2D eigenvalue weighted by Crippen LogP contribution is 2.10. The fourth-order valence-corrected chi connectivity index (χ4v) is 1.13. The molecular formula is C10H19N5O2. The Morgan fingerprint density at radius 3 is 2.82 bits per heavy atom. The molecule has 0 aliphatic carbocycles. The molecule has 0 aliphatic heterocycles. The van der Waals surface area contributed by atoms with Crippen LogP contribution in [0, 0.1) is 0 Å². The third-order valence-corrected chi connectivity index (χ3v) is 2.03. The van der Waals surface area contributed by atoms with Gasteiger partial charge in [-0.05, 0) is 13.3 Å². The maximum absolute atomic E-state index is 11.3. The van der Waals surface area contributed by atoms with Gasteiger partial charge >= 0.3 is 6.01 Å². The second-order valence-electron chi connectivity index (χ2n) is 3.76. The minimum Gasteiger partial charge on any atom is -0.406 e. The summed E-state index contributed by atoms with van der Waals surface area (Å²) in [4.78, 5) is 11.3. The Hall–Kier alpha value is -1.63. The average Bonchev–Trinajstić information content (AvgIpc) is 2.75. The third-order valence-electron chi connectivity index (χ3n) is 2.03. The number of carbonyl (C=O) groups is 1. The van der Waals surface area contributed by atoms with E-state index in [4.69, 9.17) is 10.2 Å². The number of nitrogens with two attached hydrogens (primary N) is 1. The van der Waals surface area contributed by atoms with Crippen LogP contribution in [-0.4, -0.2) is 29.2 Å². The van der Waals surface area contributed by atoms with Crippen LogP contribution in [0.2, 0.25) is 0 Å². The molecule has 4 N–H and O–H groups in total. The summed E-state index contributed by atoms with van der Waals surface area (Å²) in [6.45, 7) is 4.92. The highest BCUT2D eigenvalue weighted by atomic mass is 16.4. The van der Waals surface area contributed by atoms with Gasteiger partial charge < -0.3 is 20.8 Å². The SMILES string of the molecule is CCCNC(=O)CCNc1nnc(C(C)N)o1. The Morgan fingerprint density at radius 1 is 1.47 bits per heavy atom. The first kappa shape index (κ1) is 13.4. The van der Waals surface area contributed by atoms with E-state index in [0.29, 0.717) is 31.4 Å². The number of nitrogens with one attached hydrogen (secondary N) is 2. The van der Waals surface area contributed by atoms with Gasteiger partial charge in [0, 0.05) is 19.5 Å². The number of hydrogen-bond donors (Lipinski definition) is 3. The molecule has 1 atom stereocenters. The zero-order valence-electron chi connectivity index (χ0n) is 10.2. The molecule has 7 nitrogen and oxygen atoms in total. The first-order valence-electron chi connectivity index (χ1n) is 5.73. The van der Waals surface area contributed by atoms with Gasteiger partial charge in [-0.3, -0.25) is 4.79 Å². The number of aromatic nitrogens is 2. The topological polar surface area (TPSA) is 106 Å². The van der Waals surface area contributed by atoms with E-state index in [9.17, 15) is 4.79 Å². The summed E-state index contributed by atoms with van der Waals surface area (Å²) in [7, 11) is 0. The molecule has 0 bridgehead atoms. The second kappa shape index (κ2) is 6.85. The molecule has 1 amide bonds. The zero-order chi connectivity index (χ0) is 12.7. The highest BCUT2D eigenvalue weighted by molar-refractivity contribution is 5.76. The summed E-state index contributed by atoms with van der Waals surface area (Å²) in [5, 5.41) is 13.2. The van der Waals surface area contributed by atoms with E-state index in [1.165, 1.54) is 0 Å². The summed E-state index contributed by atoms with van der Waals surface area (Å²) in [5.74, 6) is 0.384. The molecule has 1 aromatic heterocycles. The highest BCUT2D eigenvalue weighted by Gasteiger charge is 2.09. The molecule has 1 aromatic rings. The van der Waals surface area contributed by atoms with E-state index in [0.717, 1.165) is 6.42 Å². The molecule has 96 valence electrons. The number of rotatable bonds is 7. The van der Waals surface area contributed by atoms with Crippen LogP contribution in [0.4, 0.5) is 6.01 Å². The lowest BCUT2D eigenvalue weighted by atomic mass is 10.4. The number of anilines is 1. The molecule has 0 saturated carbocycles. The van der Waals surface area contributed by atoms with Gasteiger partial charge in [-0.15, -0.1) is 5.10 Å². The van der Waals surface area contributed by atoms with Crippen molar-refractivity contribution in [1.29, 1.82) is 0 Å². The van der Waals surface area contributed by atoms with Crippen molar-refractivity contribution in [2.45, 2.75) is 32.7 Å². The molecule has 0 saturated heterocycles. The predicted octanol–water partition coefficient (Wildman–Crippen LogP) is 0.418. The minimum atomic E-state index is -0.286. The van der Waals surface area contributed by atoms with Crippen molar-refractivity contribution in [3.63, 3.8) is 0 Å². The number of carbonyl (C=O) groups excluding carboxylic acids is 1. The Labute approximate surface area is 100 Å². The molecule has 0 spiro atoms. The van der Waals surface area contributed by atoms with Crippen LogP contribution >= 0.6 is 0 Å². The molecule has 1 rings (SSSR count). The Bertz CT molecular complexity index is 350. The summed E-state index contributed by atoms with van der Waals surface area (Å²) < 4.78 is 5.22. The summed E-state index contributed by atoms with van der Waals surface area (Å²) in [6, 6.07) is 0.00601. The van der Waals surface area contributed by atoms with Gasteiger partial charge in [-0.25, -0.2) is 0 Å². The van der Waals surface area contributed by atoms with Crippen molar-refractivity contribution < 1.29 is 9.21 Å². The van der Waals surface area contributed by atoms with Crippen molar-refractivity contribution in [2.75, 3.05) is 18.4 Å². The smallest absolute Gasteiger partial charge is 0.315 e.